The summed E-state index contributed by atoms with van der Waals surface area (Å²) in [5.41, 5.74) is 8.84. The first-order chi connectivity index (χ1) is 6.63. The Labute approximate surface area is 86.1 Å². The highest BCUT2D eigenvalue weighted by Crippen LogP contribution is 2.42. The summed E-state index contributed by atoms with van der Waals surface area (Å²) in [6.45, 7) is 5.41. The van der Waals surface area contributed by atoms with Gasteiger partial charge < -0.3 is 10.3 Å². The molecule has 0 spiro atoms. The van der Waals surface area contributed by atoms with Crippen molar-refractivity contribution in [2.45, 2.75) is 26.2 Å². The van der Waals surface area contributed by atoms with E-state index >= 15 is 0 Å². The molecule has 0 radical (unpaired) electrons. The van der Waals surface area contributed by atoms with Gasteiger partial charge in [0.25, 0.3) is 0 Å². The van der Waals surface area contributed by atoms with Gasteiger partial charge in [-0.15, -0.1) is 0 Å². The van der Waals surface area contributed by atoms with Crippen molar-refractivity contribution < 1.29 is 0 Å². The molecule has 0 aliphatic heterocycles. The Hall–Kier alpha value is -0.760. The summed E-state index contributed by atoms with van der Waals surface area (Å²) in [5.74, 6) is 2.05. The number of aryl methyl sites for hydroxylation is 1. The molecule has 0 saturated carbocycles. The summed E-state index contributed by atoms with van der Waals surface area (Å²) in [4.78, 5) is 0. The number of hydrogen-bond donors (Lipinski definition) is 1. The molecule has 0 bridgehead atoms. The number of aromatic nitrogens is 1. The number of rotatable bonds is 2. The minimum absolute atomic E-state index is 0.605. The van der Waals surface area contributed by atoms with Crippen LogP contribution in [0.15, 0.2) is 12.4 Å². The molecule has 2 heteroatoms. The Morgan fingerprint density at radius 1 is 1.57 bits per heavy atom. The number of hydrogen-bond acceptors (Lipinski definition) is 1. The molecule has 2 rings (SSSR count). The van der Waals surface area contributed by atoms with Crippen LogP contribution in [0.2, 0.25) is 0 Å². The number of nitrogens with zero attached hydrogens (tertiary/aromatic N) is 1. The Kier molecular flexibility index (Phi) is 2.40. The highest BCUT2D eigenvalue weighted by molar-refractivity contribution is 5.34. The van der Waals surface area contributed by atoms with Gasteiger partial charge in [-0.3, -0.25) is 0 Å². The zero-order valence-electron chi connectivity index (χ0n) is 9.33. The lowest BCUT2D eigenvalue weighted by Gasteiger charge is -2.22. The van der Waals surface area contributed by atoms with Crippen molar-refractivity contribution >= 4 is 0 Å². The first kappa shape index (κ1) is 9.78. The van der Waals surface area contributed by atoms with Gasteiger partial charge in [-0.2, -0.15) is 0 Å². The summed E-state index contributed by atoms with van der Waals surface area (Å²) in [6.07, 6.45) is 5.76. The first-order valence-corrected chi connectivity index (χ1v) is 5.48. The van der Waals surface area contributed by atoms with Crippen LogP contribution in [0.4, 0.5) is 0 Å². The van der Waals surface area contributed by atoms with Crippen molar-refractivity contribution in [3.05, 3.63) is 23.5 Å². The largest absolute Gasteiger partial charge is 0.357 e. The SMILES string of the molecule is CC(CN)C1c2cn(C)cc2CC1C. The van der Waals surface area contributed by atoms with Gasteiger partial charge in [0.2, 0.25) is 0 Å². The fourth-order valence-corrected chi connectivity index (χ4v) is 2.92. The highest BCUT2D eigenvalue weighted by Gasteiger charge is 2.33. The van der Waals surface area contributed by atoms with Gasteiger partial charge >= 0.3 is 0 Å². The third-order valence-corrected chi connectivity index (χ3v) is 3.57. The second-order valence-electron chi connectivity index (χ2n) is 4.82. The minimum Gasteiger partial charge on any atom is -0.357 e. The Morgan fingerprint density at radius 2 is 2.29 bits per heavy atom. The smallest absolute Gasteiger partial charge is 0.0106 e. The van der Waals surface area contributed by atoms with Crippen molar-refractivity contribution in [2.24, 2.45) is 24.6 Å². The molecule has 2 N–H and O–H groups in total. The van der Waals surface area contributed by atoms with E-state index in [1.807, 2.05) is 0 Å². The third kappa shape index (κ3) is 1.38. The third-order valence-electron chi connectivity index (χ3n) is 3.57. The first-order valence-electron chi connectivity index (χ1n) is 5.48. The van der Waals surface area contributed by atoms with Crippen LogP contribution in [-0.2, 0) is 13.5 Å². The van der Waals surface area contributed by atoms with E-state index in [4.69, 9.17) is 5.73 Å². The van der Waals surface area contributed by atoms with E-state index in [0.717, 1.165) is 12.5 Å². The molecule has 0 amide bonds. The maximum atomic E-state index is 5.77. The molecule has 78 valence electrons. The summed E-state index contributed by atoms with van der Waals surface area (Å²) < 4.78 is 2.17. The lowest BCUT2D eigenvalue weighted by molar-refractivity contribution is 0.374. The van der Waals surface area contributed by atoms with Gasteiger partial charge in [0.05, 0.1) is 0 Å². The van der Waals surface area contributed by atoms with E-state index in [-0.39, 0.29) is 0 Å². The number of nitrogens with two attached hydrogens (primary N) is 1. The van der Waals surface area contributed by atoms with Crippen LogP contribution >= 0.6 is 0 Å². The van der Waals surface area contributed by atoms with Gasteiger partial charge in [0.1, 0.15) is 0 Å². The molecule has 3 unspecified atom stereocenters. The van der Waals surface area contributed by atoms with Gasteiger partial charge in [-0.1, -0.05) is 13.8 Å². The van der Waals surface area contributed by atoms with Crippen LogP contribution in [0.3, 0.4) is 0 Å². The van der Waals surface area contributed by atoms with Gasteiger partial charge in [0, 0.05) is 19.4 Å². The molecule has 1 aliphatic carbocycles. The number of fused-ring (bicyclic) bond motifs is 1. The molecule has 3 atom stereocenters. The average molecular weight is 192 g/mol. The molecule has 2 nitrogen and oxygen atoms in total. The Morgan fingerprint density at radius 3 is 2.93 bits per heavy atom. The second kappa shape index (κ2) is 3.43. The minimum atomic E-state index is 0.605. The van der Waals surface area contributed by atoms with Crippen molar-refractivity contribution in [1.29, 1.82) is 0 Å². The van der Waals surface area contributed by atoms with E-state index in [1.54, 1.807) is 0 Å². The lowest BCUT2D eigenvalue weighted by Crippen LogP contribution is -2.21. The fourth-order valence-electron chi connectivity index (χ4n) is 2.92. The summed E-state index contributed by atoms with van der Waals surface area (Å²) in [7, 11) is 2.10. The van der Waals surface area contributed by atoms with Crippen LogP contribution in [0.1, 0.15) is 30.9 Å². The highest BCUT2D eigenvalue weighted by atomic mass is 14.9. The van der Waals surface area contributed by atoms with Crippen molar-refractivity contribution in [3.8, 4) is 0 Å². The molecule has 14 heavy (non-hydrogen) atoms. The van der Waals surface area contributed by atoms with Crippen molar-refractivity contribution in [1.82, 2.24) is 4.57 Å². The molecule has 1 aromatic rings. The molecular weight excluding hydrogens is 172 g/mol. The summed E-state index contributed by atoms with van der Waals surface area (Å²) in [6, 6.07) is 0. The molecule has 1 aliphatic rings. The summed E-state index contributed by atoms with van der Waals surface area (Å²) >= 11 is 0. The molecular formula is C12H20N2. The Bertz CT molecular complexity index is 327. The maximum absolute atomic E-state index is 5.77. The van der Waals surface area contributed by atoms with Crippen LogP contribution in [0.5, 0.6) is 0 Å². The zero-order valence-corrected chi connectivity index (χ0v) is 9.33. The topological polar surface area (TPSA) is 30.9 Å². The Balaban J connectivity index is 2.32. The van der Waals surface area contributed by atoms with Crippen molar-refractivity contribution in [2.75, 3.05) is 6.54 Å². The second-order valence-corrected chi connectivity index (χ2v) is 4.82. The van der Waals surface area contributed by atoms with Crippen LogP contribution in [0, 0.1) is 11.8 Å². The summed E-state index contributed by atoms with van der Waals surface area (Å²) in [5, 5.41) is 0. The quantitative estimate of drug-likeness (QED) is 0.762. The lowest BCUT2D eigenvalue weighted by atomic mass is 9.84. The van der Waals surface area contributed by atoms with E-state index in [0.29, 0.717) is 11.8 Å². The maximum Gasteiger partial charge on any atom is 0.0106 e. The fraction of sp³-hybridized carbons (Fsp3) is 0.667. The van der Waals surface area contributed by atoms with Crippen LogP contribution in [0.25, 0.3) is 0 Å². The standard InChI is InChI=1S/C12H20N2/c1-8-4-10-6-14(3)7-11(10)12(8)9(2)5-13/h6-9,12H,4-5,13H2,1-3H3. The zero-order chi connectivity index (χ0) is 10.3. The molecule has 1 heterocycles. The van der Waals surface area contributed by atoms with E-state index in [1.165, 1.54) is 17.5 Å². The molecule has 0 fully saturated rings. The van der Waals surface area contributed by atoms with Crippen LogP contribution < -0.4 is 5.73 Å². The monoisotopic (exact) mass is 192 g/mol. The van der Waals surface area contributed by atoms with Crippen molar-refractivity contribution in [3.63, 3.8) is 0 Å². The average Bonchev–Trinajstić information content (AvgIpc) is 2.58. The van der Waals surface area contributed by atoms with Gasteiger partial charge in [-0.05, 0) is 41.8 Å². The predicted molar refractivity (Wildman–Crippen MR) is 59.2 cm³/mol. The van der Waals surface area contributed by atoms with Crippen LogP contribution in [-0.4, -0.2) is 11.1 Å². The molecule has 0 aromatic carbocycles. The van der Waals surface area contributed by atoms with Gasteiger partial charge in [0.15, 0.2) is 0 Å². The van der Waals surface area contributed by atoms with Gasteiger partial charge in [-0.25, -0.2) is 0 Å². The molecule has 0 saturated heterocycles. The van der Waals surface area contributed by atoms with E-state index in [2.05, 4.69) is 37.9 Å². The van der Waals surface area contributed by atoms with E-state index in [9.17, 15) is 0 Å². The predicted octanol–water partition coefficient (Wildman–Crippen LogP) is 1.90. The van der Waals surface area contributed by atoms with E-state index < -0.39 is 0 Å². The normalized spacial score (nSPS) is 27.7. The molecule has 1 aromatic heterocycles.